The Labute approximate surface area is 96.1 Å². The Morgan fingerprint density at radius 2 is 2.07 bits per heavy atom. The second-order valence-electron chi connectivity index (χ2n) is 3.04. The first-order chi connectivity index (χ1) is 6.74. The standard InChI is InChI=1S/C10H10IN3/c1-6-7(11)3-4-8-9(6)10(12-2)14-5-13-8/h3-5H,1-2H3,(H,12,13,14). The normalized spacial score (nSPS) is 10.5. The quantitative estimate of drug-likeness (QED) is 0.823. The molecule has 14 heavy (non-hydrogen) atoms. The molecule has 0 atom stereocenters. The van der Waals surface area contributed by atoms with Gasteiger partial charge in [-0.1, -0.05) is 0 Å². The second-order valence-corrected chi connectivity index (χ2v) is 4.20. The third kappa shape index (κ3) is 1.43. The van der Waals surface area contributed by atoms with Crippen LogP contribution in [0.15, 0.2) is 18.5 Å². The minimum absolute atomic E-state index is 0.894. The van der Waals surface area contributed by atoms with Crippen LogP contribution in [0.5, 0.6) is 0 Å². The predicted molar refractivity (Wildman–Crippen MR) is 66.5 cm³/mol. The van der Waals surface area contributed by atoms with Crippen molar-refractivity contribution in [2.75, 3.05) is 12.4 Å². The maximum atomic E-state index is 4.24. The average molecular weight is 299 g/mol. The fourth-order valence-electron chi connectivity index (χ4n) is 1.48. The Balaban J connectivity index is 2.89. The van der Waals surface area contributed by atoms with Crippen molar-refractivity contribution in [2.45, 2.75) is 6.92 Å². The molecular weight excluding hydrogens is 289 g/mol. The number of halogens is 1. The van der Waals surface area contributed by atoms with E-state index in [1.165, 1.54) is 9.13 Å². The maximum absolute atomic E-state index is 4.24. The summed E-state index contributed by atoms with van der Waals surface area (Å²) < 4.78 is 1.24. The Hall–Kier alpha value is -0.910. The molecule has 1 aromatic carbocycles. The van der Waals surface area contributed by atoms with Gasteiger partial charge in [0.1, 0.15) is 12.1 Å². The van der Waals surface area contributed by atoms with Gasteiger partial charge in [-0.15, -0.1) is 0 Å². The first-order valence-corrected chi connectivity index (χ1v) is 5.39. The molecule has 0 unspecified atom stereocenters. The van der Waals surface area contributed by atoms with Crippen molar-refractivity contribution in [2.24, 2.45) is 0 Å². The first-order valence-electron chi connectivity index (χ1n) is 4.31. The van der Waals surface area contributed by atoms with E-state index < -0.39 is 0 Å². The van der Waals surface area contributed by atoms with Gasteiger partial charge in [0.15, 0.2) is 0 Å². The molecule has 1 N–H and O–H groups in total. The molecule has 1 heterocycles. The summed E-state index contributed by atoms with van der Waals surface area (Å²) in [6, 6.07) is 4.09. The predicted octanol–water partition coefficient (Wildman–Crippen LogP) is 2.58. The van der Waals surface area contributed by atoms with E-state index in [0.717, 1.165) is 16.7 Å². The van der Waals surface area contributed by atoms with E-state index in [1.54, 1.807) is 6.33 Å². The summed E-state index contributed by atoms with van der Waals surface area (Å²) in [7, 11) is 1.88. The van der Waals surface area contributed by atoms with Crippen LogP contribution in [0.2, 0.25) is 0 Å². The number of hydrogen-bond donors (Lipinski definition) is 1. The van der Waals surface area contributed by atoms with Gasteiger partial charge in [0, 0.05) is 16.0 Å². The number of nitrogens with zero attached hydrogens (tertiary/aromatic N) is 2. The number of aromatic nitrogens is 2. The van der Waals surface area contributed by atoms with Crippen LogP contribution in [0.25, 0.3) is 10.9 Å². The first kappa shape index (κ1) is 9.64. The van der Waals surface area contributed by atoms with Gasteiger partial charge >= 0.3 is 0 Å². The monoisotopic (exact) mass is 299 g/mol. The van der Waals surface area contributed by atoms with Crippen LogP contribution in [0.3, 0.4) is 0 Å². The second kappa shape index (κ2) is 3.68. The van der Waals surface area contributed by atoms with Crippen molar-refractivity contribution in [3.8, 4) is 0 Å². The summed E-state index contributed by atoms with van der Waals surface area (Å²) in [4.78, 5) is 8.44. The van der Waals surface area contributed by atoms with E-state index in [0.29, 0.717) is 0 Å². The highest BCUT2D eigenvalue weighted by Gasteiger charge is 2.06. The lowest BCUT2D eigenvalue weighted by molar-refractivity contribution is 1.20. The molecule has 0 fully saturated rings. The van der Waals surface area contributed by atoms with Gasteiger partial charge in [0.2, 0.25) is 0 Å². The zero-order valence-electron chi connectivity index (χ0n) is 8.00. The Morgan fingerprint density at radius 3 is 2.79 bits per heavy atom. The lowest BCUT2D eigenvalue weighted by atomic mass is 10.1. The molecule has 1 aromatic heterocycles. The molecule has 3 nitrogen and oxygen atoms in total. The van der Waals surface area contributed by atoms with Crippen LogP contribution in [-0.4, -0.2) is 17.0 Å². The molecule has 0 aliphatic rings. The van der Waals surface area contributed by atoms with Gasteiger partial charge in [0.05, 0.1) is 5.52 Å². The van der Waals surface area contributed by atoms with Crippen LogP contribution in [-0.2, 0) is 0 Å². The minimum atomic E-state index is 0.894. The zero-order valence-corrected chi connectivity index (χ0v) is 10.2. The van der Waals surface area contributed by atoms with Crippen molar-refractivity contribution in [1.29, 1.82) is 0 Å². The van der Waals surface area contributed by atoms with Gasteiger partial charge in [-0.05, 0) is 47.2 Å². The molecule has 0 spiro atoms. The van der Waals surface area contributed by atoms with Crippen molar-refractivity contribution in [1.82, 2.24) is 9.97 Å². The lowest BCUT2D eigenvalue weighted by Gasteiger charge is -2.07. The zero-order chi connectivity index (χ0) is 10.1. The highest BCUT2D eigenvalue weighted by Crippen LogP contribution is 2.26. The van der Waals surface area contributed by atoms with Crippen LogP contribution in [0.1, 0.15) is 5.56 Å². The Kier molecular flexibility index (Phi) is 2.54. The highest BCUT2D eigenvalue weighted by molar-refractivity contribution is 14.1. The van der Waals surface area contributed by atoms with Crippen molar-refractivity contribution < 1.29 is 0 Å². The Morgan fingerprint density at radius 1 is 1.29 bits per heavy atom. The third-order valence-electron chi connectivity index (χ3n) is 2.23. The highest BCUT2D eigenvalue weighted by atomic mass is 127. The molecule has 0 saturated carbocycles. The fourth-order valence-corrected chi connectivity index (χ4v) is 1.93. The molecule has 0 saturated heterocycles. The molecular formula is C10H10IN3. The molecule has 2 aromatic rings. The van der Waals surface area contributed by atoms with Crippen molar-refractivity contribution >= 4 is 39.3 Å². The molecule has 4 heteroatoms. The summed E-state index contributed by atoms with van der Waals surface area (Å²) in [5.74, 6) is 0.894. The van der Waals surface area contributed by atoms with E-state index in [-0.39, 0.29) is 0 Å². The Bertz CT molecular complexity index is 482. The van der Waals surface area contributed by atoms with Gasteiger partial charge in [-0.2, -0.15) is 0 Å². The van der Waals surface area contributed by atoms with Crippen LogP contribution in [0.4, 0.5) is 5.82 Å². The van der Waals surface area contributed by atoms with Crippen molar-refractivity contribution in [3.05, 3.63) is 27.6 Å². The number of nitrogens with one attached hydrogen (secondary N) is 1. The summed E-state index contributed by atoms with van der Waals surface area (Å²) >= 11 is 2.32. The number of aryl methyl sites for hydroxylation is 1. The number of anilines is 1. The summed E-state index contributed by atoms with van der Waals surface area (Å²) in [6.45, 7) is 2.09. The summed E-state index contributed by atoms with van der Waals surface area (Å²) in [6.07, 6.45) is 1.58. The summed E-state index contributed by atoms with van der Waals surface area (Å²) in [5.41, 5.74) is 2.22. The summed E-state index contributed by atoms with van der Waals surface area (Å²) in [5, 5.41) is 4.20. The smallest absolute Gasteiger partial charge is 0.137 e. The van der Waals surface area contributed by atoms with E-state index in [4.69, 9.17) is 0 Å². The largest absolute Gasteiger partial charge is 0.373 e. The van der Waals surface area contributed by atoms with E-state index in [9.17, 15) is 0 Å². The van der Waals surface area contributed by atoms with Crippen LogP contribution in [0, 0.1) is 10.5 Å². The minimum Gasteiger partial charge on any atom is -0.373 e. The van der Waals surface area contributed by atoms with Crippen LogP contribution < -0.4 is 5.32 Å². The molecule has 0 amide bonds. The topological polar surface area (TPSA) is 37.8 Å². The third-order valence-corrected chi connectivity index (χ3v) is 3.40. The van der Waals surface area contributed by atoms with Gasteiger partial charge in [-0.3, -0.25) is 0 Å². The van der Waals surface area contributed by atoms with Crippen molar-refractivity contribution in [3.63, 3.8) is 0 Å². The van der Waals surface area contributed by atoms with E-state index in [2.05, 4.69) is 50.9 Å². The number of hydrogen-bond acceptors (Lipinski definition) is 3. The fraction of sp³-hybridized carbons (Fsp3) is 0.200. The van der Waals surface area contributed by atoms with Gasteiger partial charge in [-0.25, -0.2) is 9.97 Å². The van der Waals surface area contributed by atoms with E-state index >= 15 is 0 Å². The SMILES string of the molecule is CNc1ncnc2ccc(I)c(C)c12. The van der Waals surface area contributed by atoms with Gasteiger partial charge in [0.25, 0.3) is 0 Å². The molecule has 0 radical (unpaired) electrons. The maximum Gasteiger partial charge on any atom is 0.137 e. The average Bonchev–Trinajstić information content (AvgIpc) is 2.23. The molecule has 0 aliphatic heterocycles. The molecule has 72 valence electrons. The molecule has 0 aliphatic carbocycles. The van der Waals surface area contributed by atoms with Crippen LogP contribution >= 0.6 is 22.6 Å². The number of rotatable bonds is 1. The molecule has 2 rings (SSSR count). The number of benzene rings is 1. The van der Waals surface area contributed by atoms with E-state index in [1.807, 2.05) is 13.1 Å². The molecule has 0 bridgehead atoms. The number of fused-ring (bicyclic) bond motifs is 1. The van der Waals surface area contributed by atoms with Gasteiger partial charge < -0.3 is 5.32 Å². The lowest BCUT2D eigenvalue weighted by Crippen LogP contribution is -1.97.